The van der Waals surface area contributed by atoms with Gasteiger partial charge in [-0.1, -0.05) is 33.8 Å². The molecule has 0 unspecified atom stereocenters. The van der Waals surface area contributed by atoms with Gasteiger partial charge in [0.2, 0.25) is 15.9 Å². The lowest BCUT2D eigenvalue weighted by atomic mass is 9.96. The van der Waals surface area contributed by atoms with Crippen molar-refractivity contribution in [3.8, 4) is 0 Å². The Labute approximate surface area is 182 Å². The van der Waals surface area contributed by atoms with Crippen LogP contribution in [0, 0.1) is 19.3 Å². The van der Waals surface area contributed by atoms with Crippen LogP contribution < -0.4 is 15.4 Å². The van der Waals surface area contributed by atoms with Gasteiger partial charge >= 0.3 is 0 Å². The highest BCUT2D eigenvalue weighted by molar-refractivity contribution is 7.92. The van der Waals surface area contributed by atoms with Gasteiger partial charge in [0.25, 0.3) is 5.91 Å². The number of carbonyl (C=O) groups is 2. The van der Waals surface area contributed by atoms with E-state index in [1.54, 1.807) is 45.0 Å². The van der Waals surface area contributed by atoms with E-state index in [1.165, 1.54) is 11.3 Å². The molecule has 9 heteroatoms. The van der Waals surface area contributed by atoms with Crippen LogP contribution in [0.25, 0.3) is 0 Å². The molecule has 1 heterocycles. The van der Waals surface area contributed by atoms with Crippen LogP contribution in [0.3, 0.4) is 0 Å². The lowest BCUT2D eigenvalue weighted by molar-refractivity contribution is -0.123. The zero-order valence-corrected chi connectivity index (χ0v) is 19.8. The maximum atomic E-state index is 12.8. The van der Waals surface area contributed by atoms with Crippen molar-refractivity contribution < 1.29 is 18.0 Å². The van der Waals surface area contributed by atoms with E-state index in [4.69, 9.17) is 0 Å². The molecule has 0 spiro atoms. The number of hydrogen-bond acceptors (Lipinski definition) is 5. The monoisotopic (exact) mass is 451 g/mol. The van der Waals surface area contributed by atoms with Crippen molar-refractivity contribution in [1.29, 1.82) is 0 Å². The molecule has 7 nitrogen and oxygen atoms in total. The summed E-state index contributed by atoms with van der Waals surface area (Å²) < 4.78 is 26.7. The molecule has 0 atom stereocenters. The van der Waals surface area contributed by atoms with Gasteiger partial charge in [0, 0.05) is 11.1 Å². The second kappa shape index (κ2) is 9.18. The Bertz CT molecular complexity index is 1050. The number of thiophene rings is 1. The number of benzene rings is 1. The van der Waals surface area contributed by atoms with Gasteiger partial charge in [0.15, 0.2) is 0 Å². The molecule has 164 valence electrons. The Morgan fingerprint density at radius 1 is 1.07 bits per heavy atom. The number of carbonyl (C=O) groups excluding carboxylic acids is 2. The number of amides is 2. The summed E-state index contributed by atoms with van der Waals surface area (Å²) in [5.41, 5.74) is 1.79. The van der Waals surface area contributed by atoms with E-state index in [-0.39, 0.29) is 17.6 Å². The highest BCUT2D eigenvalue weighted by atomic mass is 32.2. The molecule has 2 rings (SSSR count). The van der Waals surface area contributed by atoms with Crippen LogP contribution in [0.2, 0.25) is 0 Å². The first-order chi connectivity index (χ1) is 13.8. The number of aryl methyl sites for hydroxylation is 1. The van der Waals surface area contributed by atoms with Crippen molar-refractivity contribution in [3.05, 3.63) is 40.3 Å². The zero-order chi connectivity index (χ0) is 22.7. The van der Waals surface area contributed by atoms with Gasteiger partial charge in [-0.2, -0.15) is 0 Å². The smallest absolute Gasteiger partial charge is 0.266 e. The van der Waals surface area contributed by atoms with E-state index in [1.807, 2.05) is 20.8 Å². The maximum Gasteiger partial charge on any atom is 0.266 e. The minimum absolute atomic E-state index is 0.0283. The minimum Gasteiger partial charge on any atom is -0.321 e. The third kappa shape index (κ3) is 6.06. The van der Waals surface area contributed by atoms with Crippen molar-refractivity contribution in [1.82, 2.24) is 0 Å². The number of nitrogens with one attached hydrogen (secondary N) is 3. The predicted octanol–water partition coefficient (Wildman–Crippen LogP) is 4.75. The fraction of sp³-hybridized carbons (Fsp3) is 0.429. The predicted molar refractivity (Wildman–Crippen MR) is 124 cm³/mol. The molecule has 0 aliphatic rings. The summed E-state index contributed by atoms with van der Waals surface area (Å²) in [6, 6.07) is 6.83. The molecule has 30 heavy (non-hydrogen) atoms. The van der Waals surface area contributed by atoms with E-state index < -0.39 is 15.4 Å². The van der Waals surface area contributed by atoms with Crippen LogP contribution >= 0.6 is 11.3 Å². The van der Waals surface area contributed by atoms with Crippen molar-refractivity contribution in [2.75, 3.05) is 21.1 Å². The topological polar surface area (TPSA) is 104 Å². The number of sulfonamides is 1. The Morgan fingerprint density at radius 3 is 2.30 bits per heavy atom. The molecule has 1 aromatic heterocycles. The quantitative estimate of drug-likeness (QED) is 0.565. The number of anilines is 3. The van der Waals surface area contributed by atoms with Crippen LogP contribution in [0.15, 0.2) is 24.3 Å². The molecule has 2 amide bonds. The Balaban J connectivity index is 2.21. The summed E-state index contributed by atoms with van der Waals surface area (Å²) in [5, 5.41) is 6.30. The summed E-state index contributed by atoms with van der Waals surface area (Å²) in [5.74, 6) is -0.412. The molecular formula is C21H29N3O4S2. The summed E-state index contributed by atoms with van der Waals surface area (Å²) >= 11 is 1.20. The molecule has 0 fully saturated rings. The minimum atomic E-state index is -3.43. The fourth-order valence-electron chi connectivity index (χ4n) is 2.62. The Hall–Kier alpha value is -2.39. The maximum absolute atomic E-state index is 12.8. The summed E-state index contributed by atoms with van der Waals surface area (Å²) in [6.45, 7) is 10.8. The van der Waals surface area contributed by atoms with Gasteiger partial charge in [0.05, 0.1) is 21.3 Å². The number of hydrogen-bond donors (Lipinski definition) is 3. The van der Waals surface area contributed by atoms with Crippen LogP contribution in [0.5, 0.6) is 0 Å². The molecule has 2 aromatic rings. The lowest BCUT2D eigenvalue weighted by Crippen LogP contribution is -2.27. The van der Waals surface area contributed by atoms with Crippen molar-refractivity contribution in [2.45, 2.75) is 48.0 Å². The molecular weight excluding hydrogens is 422 g/mol. The zero-order valence-electron chi connectivity index (χ0n) is 18.2. The third-order valence-electron chi connectivity index (χ3n) is 4.36. The first-order valence-electron chi connectivity index (χ1n) is 9.67. The molecule has 0 saturated heterocycles. The van der Waals surface area contributed by atoms with Gasteiger partial charge < -0.3 is 10.6 Å². The normalized spacial score (nSPS) is 11.8. The van der Waals surface area contributed by atoms with Crippen LogP contribution in [0.4, 0.5) is 16.4 Å². The first-order valence-corrected chi connectivity index (χ1v) is 12.1. The average molecular weight is 452 g/mol. The molecule has 0 aliphatic carbocycles. The number of rotatable bonds is 7. The molecule has 3 N–H and O–H groups in total. The highest BCUT2D eigenvalue weighted by Crippen LogP contribution is 2.30. The van der Waals surface area contributed by atoms with Crippen LogP contribution in [-0.2, 0) is 14.8 Å². The second-order valence-electron chi connectivity index (χ2n) is 8.18. The Kier molecular flexibility index (Phi) is 7.31. The Morgan fingerprint density at radius 2 is 1.70 bits per heavy atom. The molecule has 1 aromatic carbocycles. The third-order valence-corrected chi connectivity index (χ3v) is 6.99. The fourth-order valence-corrected chi connectivity index (χ4v) is 4.78. The molecule has 0 radical (unpaired) electrons. The van der Waals surface area contributed by atoms with Crippen molar-refractivity contribution >= 4 is 49.6 Å². The van der Waals surface area contributed by atoms with Gasteiger partial charge in [-0.05, 0) is 49.6 Å². The molecule has 0 bridgehead atoms. The van der Waals surface area contributed by atoms with Gasteiger partial charge in [-0.15, -0.1) is 11.3 Å². The van der Waals surface area contributed by atoms with Gasteiger partial charge in [-0.3, -0.25) is 14.3 Å². The molecule has 0 aliphatic heterocycles. The SMILES string of the molecule is CCCS(=O)(=O)Nc1cccc(NC(=O)c2sc(NC(=O)C(C)(C)C)cc2C)c1C. The van der Waals surface area contributed by atoms with Crippen LogP contribution in [-0.4, -0.2) is 26.0 Å². The van der Waals surface area contributed by atoms with E-state index in [2.05, 4.69) is 15.4 Å². The first kappa shape index (κ1) is 23.9. The molecule has 0 saturated carbocycles. The van der Waals surface area contributed by atoms with E-state index in [0.717, 1.165) is 5.56 Å². The van der Waals surface area contributed by atoms with E-state index in [0.29, 0.717) is 33.2 Å². The van der Waals surface area contributed by atoms with Gasteiger partial charge in [0.1, 0.15) is 0 Å². The average Bonchev–Trinajstić information content (AvgIpc) is 2.97. The van der Waals surface area contributed by atoms with E-state index >= 15 is 0 Å². The van der Waals surface area contributed by atoms with Gasteiger partial charge in [-0.25, -0.2) is 8.42 Å². The van der Waals surface area contributed by atoms with E-state index in [9.17, 15) is 18.0 Å². The van der Waals surface area contributed by atoms with Crippen molar-refractivity contribution in [3.63, 3.8) is 0 Å². The summed E-state index contributed by atoms with van der Waals surface area (Å²) in [4.78, 5) is 25.5. The standard InChI is InChI=1S/C21H29N3O4S2/c1-7-11-30(27,28)24-16-10-8-9-15(14(16)3)22-19(25)18-13(2)12-17(29-18)23-20(26)21(4,5)6/h8-10,12,24H,7,11H2,1-6H3,(H,22,25)(H,23,26). The highest BCUT2D eigenvalue weighted by Gasteiger charge is 2.23. The van der Waals surface area contributed by atoms with Crippen LogP contribution in [0.1, 0.15) is 54.9 Å². The largest absolute Gasteiger partial charge is 0.321 e. The summed E-state index contributed by atoms with van der Waals surface area (Å²) in [6.07, 6.45) is 0.510. The van der Waals surface area contributed by atoms with Crippen molar-refractivity contribution in [2.24, 2.45) is 5.41 Å². The summed E-state index contributed by atoms with van der Waals surface area (Å²) in [7, 11) is -3.43. The second-order valence-corrected chi connectivity index (χ2v) is 11.1. The lowest BCUT2D eigenvalue weighted by Gasteiger charge is -2.16.